The Morgan fingerprint density at radius 1 is 1.16 bits per heavy atom. The topological polar surface area (TPSA) is 112 Å². The maximum atomic E-state index is 13.8. The number of hydrogen-bond donors (Lipinski definition) is 1. The molecule has 1 aromatic carbocycles. The van der Waals surface area contributed by atoms with E-state index in [0.717, 1.165) is 73.3 Å². The van der Waals surface area contributed by atoms with Gasteiger partial charge in [-0.25, -0.2) is 17.9 Å². The number of piperidine rings is 1. The summed E-state index contributed by atoms with van der Waals surface area (Å²) < 4.78 is 28.2. The van der Waals surface area contributed by atoms with E-state index in [0.29, 0.717) is 12.1 Å². The third-order valence-electron chi connectivity index (χ3n) is 7.15. The Kier molecular flexibility index (Phi) is 6.65. The number of aliphatic imine (C=N–C) groups is 1. The van der Waals surface area contributed by atoms with Crippen LogP contribution in [-0.2, 0) is 10.0 Å². The normalized spacial score (nSPS) is 20.4. The van der Waals surface area contributed by atoms with Crippen LogP contribution in [0, 0.1) is 13.8 Å². The second-order valence-electron chi connectivity index (χ2n) is 10.1. The number of likely N-dealkylation sites (tertiary alicyclic amines) is 1. The largest absolute Gasteiger partial charge is 0.354 e. The molecule has 0 spiro atoms. The smallest absolute Gasteiger partial charge is 0.256 e. The van der Waals surface area contributed by atoms with Crippen molar-refractivity contribution < 1.29 is 13.2 Å². The van der Waals surface area contributed by atoms with E-state index in [1.165, 1.54) is 0 Å². The number of aryl methyl sites for hydroxylation is 2. The summed E-state index contributed by atoms with van der Waals surface area (Å²) in [5.41, 5.74) is 4.06. The third kappa shape index (κ3) is 5.18. The van der Waals surface area contributed by atoms with Gasteiger partial charge in [-0.3, -0.25) is 14.5 Å². The molecule has 0 saturated carbocycles. The molecule has 2 aliphatic rings. The van der Waals surface area contributed by atoms with Crippen molar-refractivity contribution in [2.45, 2.75) is 51.6 Å². The van der Waals surface area contributed by atoms with Gasteiger partial charge in [-0.05, 0) is 58.4 Å². The Morgan fingerprint density at radius 2 is 1.97 bits per heavy atom. The van der Waals surface area contributed by atoms with Crippen molar-refractivity contribution >= 4 is 39.8 Å². The molecule has 2 atom stereocenters. The van der Waals surface area contributed by atoms with Gasteiger partial charge in [0.25, 0.3) is 5.91 Å². The molecule has 2 saturated heterocycles. The van der Waals surface area contributed by atoms with E-state index in [9.17, 15) is 13.2 Å². The minimum absolute atomic E-state index is 0.207. The van der Waals surface area contributed by atoms with Crippen molar-refractivity contribution in [3.63, 3.8) is 0 Å². The minimum Gasteiger partial charge on any atom is -0.354 e. The van der Waals surface area contributed by atoms with Crippen LogP contribution in [0.4, 0.5) is 11.5 Å². The number of rotatable bonds is 6. The highest BCUT2D eigenvalue weighted by Gasteiger charge is 2.32. The average molecular weight is 524 g/mol. The Labute approximate surface area is 217 Å². The van der Waals surface area contributed by atoms with Crippen LogP contribution in [0.1, 0.15) is 58.9 Å². The van der Waals surface area contributed by atoms with Crippen LogP contribution in [0.15, 0.2) is 35.5 Å². The number of fused-ring (bicyclic) bond motifs is 1. The highest BCUT2D eigenvalue weighted by Crippen LogP contribution is 2.34. The molecule has 2 aliphatic heterocycles. The van der Waals surface area contributed by atoms with Gasteiger partial charge >= 0.3 is 0 Å². The standard InChI is InChI=1S/C26H33N7O3S/c1-17-8-9-21(30-37(4,35)36)20(13-17)26(34)32-11-6-5-7-23(32)22-14-24-28-25(18(2)15-33(24)29-22)31-12-10-19(16-31)27-3/h8-9,13-15,19,23,30H,3,5-7,10-12,16H2,1-2,4H3/t19-,23-/m0/s1. The quantitative estimate of drug-likeness (QED) is 0.496. The first-order valence-corrected chi connectivity index (χ1v) is 14.5. The molecule has 3 aromatic rings. The van der Waals surface area contributed by atoms with E-state index in [1.54, 1.807) is 22.7 Å². The van der Waals surface area contributed by atoms with Crippen LogP contribution in [0.3, 0.4) is 0 Å². The van der Waals surface area contributed by atoms with Gasteiger partial charge in [0.1, 0.15) is 5.82 Å². The van der Waals surface area contributed by atoms with E-state index >= 15 is 0 Å². The van der Waals surface area contributed by atoms with Crippen molar-refractivity contribution in [2.75, 3.05) is 35.5 Å². The van der Waals surface area contributed by atoms with Gasteiger partial charge < -0.3 is 9.80 Å². The van der Waals surface area contributed by atoms with Crippen molar-refractivity contribution in [2.24, 2.45) is 4.99 Å². The van der Waals surface area contributed by atoms with Crippen molar-refractivity contribution in [3.05, 3.63) is 52.8 Å². The summed E-state index contributed by atoms with van der Waals surface area (Å²) in [6.45, 7) is 9.88. The lowest BCUT2D eigenvalue weighted by Gasteiger charge is -2.35. The number of sulfonamides is 1. The molecule has 37 heavy (non-hydrogen) atoms. The lowest BCUT2D eigenvalue weighted by molar-refractivity contribution is 0.0606. The zero-order chi connectivity index (χ0) is 26.3. The number of nitrogens with one attached hydrogen (secondary N) is 1. The predicted molar refractivity (Wildman–Crippen MR) is 145 cm³/mol. The number of benzene rings is 1. The summed E-state index contributed by atoms with van der Waals surface area (Å²) in [4.78, 5) is 27.0. The summed E-state index contributed by atoms with van der Waals surface area (Å²) in [6, 6.07) is 7.14. The molecule has 1 amide bonds. The van der Waals surface area contributed by atoms with Crippen LogP contribution in [0.5, 0.6) is 0 Å². The molecule has 2 fully saturated rings. The number of carbonyl (C=O) groups is 1. The number of anilines is 2. The lowest BCUT2D eigenvalue weighted by atomic mass is 9.97. The van der Waals surface area contributed by atoms with Crippen molar-refractivity contribution in [1.29, 1.82) is 0 Å². The summed E-state index contributed by atoms with van der Waals surface area (Å²) >= 11 is 0. The fourth-order valence-electron chi connectivity index (χ4n) is 5.35. The first kappa shape index (κ1) is 25.2. The average Bonchev–Trinajstić information content (AvgIpc) is 3.50. The van der Waals surface area contributed by atoms with Gasteiger partial charge in [0.15, 0.2) is 5.65 Å². The molecule has 0 unspecified atom stereocenters. The third-order valence-corrected chi connectivity index (χ3v) is 7.74. The van der Waals surface area contributed by atoms with E-state index in [2.05, 4.69) is 21.3 Å². The van der Waals surface area contributed by atoms with Crippen LogP contribution < -0.4 is 9.62 Å². The molecule has 5 rings (SSSR count). The number of carbonyl (C=O) groups excluding carboxylic acids is 1. The van der Waals surface area contributed by atoms with E-state index in [1.807, 2.05) is 31.0 Å². The van der Waals surface area contributed by atoms with Crippen LogP contribution in [0.2, 0.25) is 0 Å². The maximum Gasteiger partial charge on any atom is 0.256 e. The molecule has 4 heterocycles. The van der Waals surface area contributed by atoms with Crippen molar-refractivity contribution in [3.8, 4) is 0 Å². The van der Waals surface area contributed by atoms with Crippen LogP contribution in [0.25, 0.3) is 5.65 Å². The fourth-order valence-corrected chi connectivity index (χ4v) is 5.92. The first-order valence-electron chi connectivity index (χ1n) is 12.6. The summed E-state index contributed by atoms with van der Waals surface area (Å²) in [7, 11) is -3.54. The summed E-state index contributed by atoms with van der Waals surface area (Å²) in [6.07, 6.45) is 6.67. The first-order chi connectivity index (χ1) is 17.6. The molecule has 1 N–H and O–H groups in total. The molecular formula is C26H33N7O3S. The van der Waals surface area contributed by atoms with Gasteiger partial charge in [-0.15, -0.1) is 0 Å². The van der Waals surface area contributed by atoms with Gasteiger partial charge in [0.2, 0.25) is 10.0 Å². The molecule has 196 valence electrons. The fraction of sp³-hybridized carbons (Fsp3) is 0.462. The highest BCUT2D eigenvalue weighted by molar-refractivity contribution is 7.92. The SMILES string of the molecule is C=N[C@H]1CCN(c2nc3cc([C@@H]4CCCCN4C(=O)c4cc(C)ccc4NS(C)(=O)=O)nn3cc2C)C1. The second kappa shape index (κ2) is 9.77. The molecule has 2 aromatic heterocycles. The Bertz CT molecular complexity index is 1470. The molecular weight excluding hydrogens is 490 g/mol. The number of amides is 1. The summed E-state index contributed by atoms with van der Waals surface area (Å²) in [5.74, 6) is 0.722. The van der Waals surface area contributed by atoms with Crippen LogP contribution in [-0.4, -0.2) is 72.5 Å². The monoisotopic (exact) mass is 523 g/mol. The number of nitrogens with zero attached hydrogens (tertiary/aromatic N) is 6. The Hall–Kier alpha value is -3.47. The zero-order valence-corrected chi connectivity index (χ0v) is 22.3. The predicted octanol–water partition coefficient (Wildman–Crippen LogP) is 3.36. The van der Waals surface area contributed by atoms with E-state index in [-0.39, 0.29) is 23.7 Å². The Balaban J connectivity index is 1.48. The number of aromatic nitrogens is 3. The maximum absolute atomic E-state index is 13.8. The molecule has 10 nitrogen and oxygen atoms in total. The van der Waals surface area contributed by atoms with Crippen LogP contribution >= 0.6 is 0 Å². The molecule has 0 bridgehead atoms. The second-order valence-corrected chi connectivity index (χ2v) is 11.9. The molecule has 11 heteroatoms. The molecule has 0 aliphatic carbocycles. The number of hydrogen-bond acceptors (Lipinski definition) is 7. The van der Waals surface area contributed by atoms with Gasteiger partial charge in [-0.1, -0.05) is 11.6 Å². The summed E-state index contributed by atoms with van der Waals surface area (Å²) in [5, 5.41) is 4.82. The van der Waals surface area contributed by atoms with Crippen molar-refractivity contribution in [1.82, 2.24) is 19.5 Å². The van der Waals surface area contributed by atoms with Gasteiger partial charge in [0, 0.05) is 37.5 Å². The van der Waals surface area contributed by atoms with Gasteiger partial charge in [-0.2, -0.15) is 5.10 Å². The Morgan fingerprint density at radius 3 is 2.70 bits per heavy atom. The zero-order valence-electron chi connectivity index (χ0n) is 21.5. The van der Waals surface area contributed by atoms with E-state index < -0.39 is 10.0 Å². The lowest BCUT2D eigenvalue weighted by Crippen LogP contribution is -2.39. The minimum atomic E-state index is -3.54. The highest BCUT2D eigenvalue weighted by atomic mass is 32.2. The van der Waals surface area contributed by atoms with Gasteiger partial charge in [0.05, 0.1) is 35.3 Å². The molecule has 0 radical (unpaired) electrons. The van der Waals surface area contributed by atoms with E-state index in [4.69, 9.17) is 10.1 Å².